The van der Waals surface area contributed by atoms with Crippen molar-refractivity contribution in [1.82, 2.24) is 30.3 Å². The Kier molecular flexibility index (Phi) is 8.58. The number of fused-ring (bicyclic) bond motifs is 1. The van der Waals surface area contributed by atoms with Crippen LogP contribution in [0, 0.1) is 12.8 Å². The highest BCUT2D eigenvalue weighted by Gasteiger charge is 2.27. The molecule has 7 nitrogen and oxygen atoms in total. The van der Waals surface area contributed by atoms with E-state index in [0.717, 1.165) is 43.2 Å². The van der Waals surface area contributed by atoms with Crippen LogP contribution in [0.15, 0.2) is 4.99 Å². The maximum absolute atomic E-state index is 4.48. The van der Waals surface area contributed by atoms with Crippen molar-refractivity contribution in [2.75, 3.05) is 26.7 Å². The van der Waals surface area contributed by atoms with Gasteiger partial charge < -0.3 is 20.1 Å². The van der Waals surface area contributed by atoms with Gasteiger partial charge in [-0.2, -0.15) is 0 Å². The number of likely N-dealkylation sites (tertiary alicyclic amines) is 1. The van der Waals surface area contributed by atoms with Crippen molar-refractivity contribution in [3.05, 3.63) is 11.6 Å². The van der Waals surface area contributed by atoms with E-state index in [9.17, 15) is 0 Å². The smallest absolute Gasteiger partial charge is 0.191 e. The lowest BCUT2D eigenvalue weighted by Gasteiger charge is -2.39. The lowest BCUT2D eigenvalue weighted by molar-refractivity contribution is 0.119. The summed E-state index contributed by atoms with van der Waals surface area (Å²) >= 11 is 0. The van der Waals surface area contributed by atoms with E-state index in [0.29, 0.717) is 12.0 Å². The number of nitrogens with one attached hydrogen (secondary N) is 2. The van der Waals surface area contributed by atoms with Crippen molar-refractivity contribution in [2.24, 2.45) is 10.9 Å². The van der Waals surface area contributed by atoms with Crippen LogP contribution in [0.2, 0.25) is 0 Å². The van der Waals surface area contributed by atoms with Crippen molar-refractivity contribution in [3.8, 4) is 0 Å². The second kappa shape index (κ2) is 10.9. The number of piperidine rings is 1. The summed E-state index contributed by atoms with van der Waals surface area (Å²) in [5, 5.41) is 15.7. The summed E-state index contributed by atoms with van der Waals surface area (Å²) in [6.07, 6.45) is 11.8. The SMILES string of the molecule is CN=C(NCC1CCc2nnc(C)n2C1)NC1CCN(C2CCCCC2)CC1.I. The molecule has 1 unspecified atom stereocenters. The molecule has 1 saturated heterocycles. The molecule has 3 heterocycles. The van der Waals surface area contributed by atoms with Crippen LogP contribution < -0.4 is 10.6 Å². The molecule has 29 heavy (non-hydrogen) atoms. The monoisotopic (exact) mass is 515 g/mol. The van der Waals surface area contributed by atoms with E-state index in [2.05, 4.69) is 35.3 Å². The number of nitrogens with zero attached hydrogens (tertiary/aromatic N) is 5. The zero-order valence-electron chi connectivity index (χ0n) is 18.1. The minimum Gasteiger partial charge on any atom is -0.356 e. The van der Waals surface area contributed by atoms with Gasteiger partial charge in [-0.25, -0.2) is 0 Å². The Morgan fingerprint density at radius 2 is 1.83 bits per heavy atom. The molecule has 8 heteroatoms. The molecule has 2 aliphatic heterocycles. The summed E-state index contributed by atoms with van der Waals surface area (Å²) in [6.45, 7) is 6.48. The molecular formula is C21H38IN7. The van der Waals surface area contributed by atoms with Gasteiger partial charge in [0.15, 0.2) is 5.96 Å². The fraction of sp³-hybridized carbons (Fsp3) is 0.857. The standard InChI is InChI=1S/C21H37N7.HI/c1-16-25-26-20-9-8-17(15-28(16)20)14-23-21(22-2)24-18-10-12-27(13-11-18)19-6-4-3-5-7-19;/h17-19H,3-15H2,1-2H3,(H2,22,23,24);1H. The highest BCUT2D eigenvalue weighted by molar-refractivity contribution is 14.0. The first-order valence-corrected chi connectivity index (χ1v) is 11.3. The molecule has 2 N–H and O–H groups in total. The van der Waals surface area contributed by atoms with Crippen molar-refractivity contribution < 1.29 is 0 Å². The Hall–Kier alpha value is -0.900. The van der Waals surface area contributed by atoms with Crippen LogP contribution in [0.4, 0.5) is 0 Å². The van der Waals surface area contributed by atoms with Crippen molar-refractivity contribution >= 4 is 29.9 Å². The summed E-state index contributed by atoms with van der Waals surface area (Å²) in [7, 11) is 1.88. The highest BCUT2D eigenvalue weighted by Crippen LogP contribution is 2.25. The van der Waals surface area contributed by atoms with Gasteiger partial charge in [-0.3, -0.25) is 4.99 Å². The predicted octanol–water partition coefficient (Wildman–Crippen LogP) is 2.73. The summed E-state index contributed by atoms with van der Waals surface area (Å²) in [5.41, 5.74) is 0. The Bertz CT molecular complexity index is 660. The molecule has 0 amide bonds. The molecular weight excluding hydrogens is 477 g/mol. The molecule has 1 atom stereocenters. The number of halogens is 1. The van der Waals surface area contributed by atoms with E-state index in [-0.39, 0.29) is 24.0 Å². The third kappa shape index (κ3) is 5.83. The zero-order valence-corrected chi connectivity index (χ0v) is 20.4. The first-order valence-electron chi connectivity index (χ1n) is 11.3. The summed E-state index contributed by atoms with van der Waals surface area (Å²) in [5.74, 6) is 3.74. The van der Waals surface area contributed by atoms with E-state index in [1.54, 1.807) is 0 Å². The molecule has 0 radical (unpaired) electrons. The molecule has 2 fully saturated rings. The molecule has 3 aliphatic rings. The number of hydrogen-bond donors (Lipinski definition) is 2. The number of aromatic nitrogens is 3. The largest absolute Gasteiger partial charge is 0.356 e. The van der Waals surface area contributed by atoms with E-state index < -0.39 is 0 Å². The van der Waals surface area contributed by atoms with E-state index in [1.807, 2.05) is 14.0 Å². The van der Waals surface area contributed by atoms with E-state index in [4.69, 9.17) is 0 Å². The van der Waals surface area contributed by atoms with Gasteiger partial charge in [-0.05, 0) is 44.9 Å². The average molecular weight is 515 g/mol. The van der Waals surface area contributed by atoms with E-state index >= 15 is 0 Å². The van der Waals surface area contributed by atoms with Gasteiger partial charge in [-0.15, -0.1) is 34.2 Å². The number of hydrogen-bond acceptors (Lipinski definition) is 4. The minimum atomic E-state index is 0. The number of guanidine groups is 1. The molecule has 0 spiro atoms. The van der Waals surface area contributed by atoms with Gasteiger partial charge in [0.05, 0.1) is 0 Å². The van der Waals surface area contributed by atoms with Gasteiger partial charge in [0, 0.05) is 51.7 Å². The maximum atomic E-state index is 4.48. The lowest BCUT2D eigenvalue weighted by Crippen LogP contribution is -2.51. The topological polar surface area (TPSA) is 70.4 Å². The van der Waals surface area contributed by atoms with Crippen LogP contribution in [0.1, 0.15) is 63.0 Å². The first kappa shape index (κ1) is 22.8. The van der Waals surface area contributed by atoms with Gasteiger partial charge in [-0.1, -0.05) is 19.3 Å². The number of aryl methyl sites for hydroxylation is 2. The molecule has 164 valence electrons. The van der Waals surface area contributed by atoms with Gasteiger partial charge in [0.25, 0.3) is 0 Å². The van der Waals surface area contributed by atoms with Crippen LogP contribution in [0.3, 0.4) is 0 Å². The van der Waals surface area contributed by atoms with Crippen LogP contribution in [0.25, 0.3) is 0 Å². The van der Waals surface area contributed by atoms with Gasteiger partial charge in [0.2, 0.25) is 0 Å². The third-order valence-corrected chi connectivity index (χ3v) is 6.97. The van der Waals surface area contributed by atoms with Crippen molar-refractivity contribution in [2.45, 2.75) is 83.3 Å². The van der Waals surface area contributed by atoms with Crippen LogP contribution in [-0.4, -0.2) is 64.4 Å². The fourth-order valence-corrected chi connectivity index (χ4v) is 5.18. The van der Waals surface area contributed by atoms with Gasteiger partial charge in [0.1, 0.15) is 11.6 Å². The molecule has 1 aliphatic carbocycles. The van der Waals surface area contributed by atoms with Crippen molar-refractivity contribution in [3.63, 3.8) is 0 Å². The number of aliphatic imine (C=N–C) groups is 1. The predicted molar refractivity (Wildman–Crippen MR) is 128 cm³/mol. The minimum absolute atomic E-state index is 0. The number of rotatable bonds is 4. The maximum Gasteiger partial charge on any atom is 0.191 e. The Morgan fingerprint density at radius 1 is 1.07 bits per heavy atom. The molecule has 0 bridgehead atoms. The van der Waals surface area contributed by atoms with Gasteiger partial charge >= 0.3 is 0 Å². The fourth-order valence-electron chi connectivity index (χ4n) is 5.18. The summed E-state index contributed by atoms with van der Waals surface area (Å²) < 4.78 is 2.27. The first-order chi connectivity index (χ1) is 13.7. The van der Waals surface area contributed by atoms with E-state index in [1.165, 1.54) is 64.5 Å². The molecule has 0 aromatic carbocycles. The Labute approximate surface area is 192 Å². The summed E-state index contributed by atoms with van der Waals surface area (Å²) in [4.78, 5) is 7.22. The zero-order chi connectivity index (χ0) is 19.3. The second-order valence-corrected chi connectivity index (χ2v) is 8.88. The molecule has 1 saturated carbocycles. The quantitative estimate of drug-likeness (QED) is 0.367. The molecule has 1 aromatic rings. The third-order valence-electron chi connectivity index (χ3n) is 6.97. The molecule has 1 aromatic heterocycles. The average Bonchev–Trinajstić information content (AvgIpc) is 3.12. The van der Waals surface area contributed by atoms with Crippen LogP contribution in [0.5, 0.6) is 0 Å². The second-order valence-electron chi connectivity index (χ2n) is 8.88. The Balaban J connectivity index is 0.00000240. The summed E-state index contributed by atoms with van der Waals surface area (Å²) in [6, 6.07) is 1.40. The highest BCUT2D eigenvalue weighted by atomic mass is 127. The Morgan fingerprint density at radius 3 is 2.55 bits per heavy atom. The normalized spacial score (nSPS) is 24.6. The van der Waals surface area contributed by atoms with Crippen LogP contribution >= 0.6 is 24.0 Å². The van der Waals surface area contributed by atoms with Crippen LogP contribution in [-0.2, 0) is 13.0 Å². The lowest BCUT2D eigenvalue weighted by atomic mass is 9.92. The molecule has 4 rings (SSSR count). The van der Waals surface area contributed by atoms with Crippen molar-refractivity contribution in [1.29, 1.82) is 0 Å².